The minimum absolute atomic E-state index is 0.440. The number of aliphatic carboxylic acids is 1. The lowest BCUT2D eigenvalue weighted by Gasteiger charge is -2.07. The third-order valence-electron chi connectivity index (χ3n) is 2.38. The predicted molar refractivity (Wildman–Crippen MR) is 42.7 cm³/mol. The van der Waals surface area contributed by atoms with Crippen LogP contribution in [0.25, 0.3) is 0 Å². The minimum atomic E-state index is -0.869. The zero-order chi connectivity index (χ0) is 9.47. The van der Waals surface area contributed by atoms with E-state index in [2.05, 4.69) is 4.98 Å². The van der Waals surface area contributed by atoms with Gasteiger partial charge in [0.1, 0.15) is 11.2 Å². The molecule has 0 radical (unpaired) electrons. The van der Waals surface area contributed by atoms with Crippen LogP contribution in [0, 0.1) is 5.82 Å². The molecule has 2 rings (SSSR count). The lowest BCUT2D eigenvalue weighted by molar-refractivity contribution is -0.140. The van der Waals surface area contributed by atoms with E-state index in [4.69, 9.17) is 5.11 Å². The van der Waals surface area contributed by atoms with Crippen molar-refractivity contribution in [3.05, 3.63) is 29.8 Å². The maximum absolute atomic E-state index is 12.5. The SMILES string of the molecule is O=C(O)C1(c2ccc(F)cn2)CC1. The van der Waals surface area contributed by atoms with Gasteiger partial charge in [-0.15, -0.1) is 0 Å². The first-order valence-electron chi connectivity index (χ1n) is 4.00. The Morgan fingerprint density at radius 2 is 2.23 bits per heavy atom. The van der Waals surface area contributed by atoms with Gasteiger partial charge < -0.3 is 5.11 Å². The highest BCUT2D eigenvalue weighted by atomic mass is 19.1. The van der Waals surface area contributed by atoms with Gasteiger partial charge in [-0.25, -0.2) is 4.39 Å². The summed E-state index contributed by atoms with van der Waals surface area (Å²) in [6.45, 7) is 0. The summed E-state index contributed by atoms with van der Waals surface area (Å²) >= 11 is 0. The first-order valence-corrected chi connectivity index (χ1v) is 4.00. The molecule has 1 aromatic rings. The third kappa shape index (κ3) is 1.18. The zero-order valence-electron chi connectivity index (χ0n) is 6.83. The van der Waals surface area contributed by atoms with E-state index in [1.807, 2.05) is 0 Å². The first kappa shape index (κ1) is 8.16. The molecule has 68 valence electrons. The van der Waals surface area contributed by atoms with Gasteiger partial charge in [-0.2, -0.15) is 0 Å². The van der Waals surface area contributed by atoms with E-state index in [1.54, 1.807) is 0 Å². The molecule has 4 heteroatoms. The van der Waals surface area contributed by atoms with Crippen molar-refractivity contribution in [3.63, 3.8) is 0 Å². The Balaban J connectivity index is 2.36. The third-order valence-corrected chi connectivity index (χ3v) is 2.38. The fourth-order valence-electron chi connectivity index (χ4n) is 1.36. The molecule has 1 aliphatic rings. The molecular formula is C9H8FNO2. The Kier molecular flexibility index (Phi) is 1.58. The normalized spacial score (nSPS) is 18.2. The van der Waals surface area contributed by atoms with Crippen LogP contribution in [-0.4, -0.2) is 16.1 Å². The first-order chi connectivity index (χ1) is 6.15. The van der Waals surface area contributed by atoms with Crippen molar-refractivity contribution < 1.29 is 14.3 Å². The second kappa shape index (κ2) is 2.52. The topological polar surface area (TPSA) is 50.2 Å². The lowest BCUT2D eigenvalue weighted by Crippen LogP contribution is -2.20. The summed E-state index contributed by atoms with van der Waals surface area (Å²) in [7, 11) is 0. The number of hydrogen-bond donors (Lipinski definition) is 1. The lowest BCUT2D eigenvalue weighted by atomic mass is 10.0. The number of hydrogen-bond acceptors (Lipinski definition) is 2. The number of carboxylic acid groups (broad SMARTS) is 1. The molecule has 1 heterocycles. The summed E-state index contributed by atoms with van der Waals surface area (Å²) in [6, 6.07) is 2.68. The van der Waals surface area contributed by atoms with Gasteiger partial charge >= 0.3 is 5.97 Å². The minimum Gasteiger partial charge on any atom is -0.481 e. The Bertz CT molecular complexity index is 343. The van der Waals surface area contributed by atoms with Gasteiger partial charge in [0.15, 0.2) is 0 Å². The molecule has 0 atom stereocenters. The van der Waals surface area contributed by atoms with Gasteiger partial charge in [0, 0.05) is 0 Å². The molecule has 0 amide bonds. The molecule has 1 aromatic heterocycles. The second-order valence-corrected chi connectivity index (χ2v) is 3.25. The maximum atomic E-state index is 12.5. The second-order valence-electron chi connectivity index (χ2n) is 3.25. The summed E-state index contributed by atoms with van der Waals surface area (Å²) in [5, 5.41) is 8.89. The molecule has 1 aliphatic carbocycles. The number of carbonyl (C=O) groups is 1. The molecule has 0 unspecified atom stereocenters. The number of carboxylic acids is 1. The van der Waals surface area contributed by atoms with Crippen LogP contribution in [0.2, 0.25) is 0 Å². The van der Waals surface area contributed by atoms with Crippen molar-refractivity contribution >= 4 is 5.97 Å². The molecule has 0 saturated heterocycles. The largest absolute Gasteiger partial charge is 0.481 e. The van der Waals surface area contributed by atoms with E-state index < -0.39 is 17.2 Å². The molecule has 1 fully saturated rings. The molecule has 0 aliphatic heterocycles. The van der Waals surface area contributed by atoms with Crippen LogP contribution < -0.4 is 0 Å². The van der Waals surface area contributed by atoms with Crippen molar-refractivity contribution in [2.75, 3.05) is 0 Å². The number of halogens is 1. The number of rotatable bonds is 2. The quantitative estimate of drug-likeness (QED) is 0.748. The van der Waals surface area contributed by atoms with Crippen LogP contribution >= 0.6 is 0 Å². The van der Waals surface area contributed by atoms with E-state index >= 15 is 0 Å². The summed E-state index contributed by atoms with van der Waals surface area (Å²) < 4.78 is 12.5. The highest BCUT2D eigenvalue weighted by molar-refractivity contribution is 5.84. The van der Waals surface area contributed by atoms with Crippen molar-refractivity contribution in [1.29, 1.82) is 0 Å². The van der Waals surface area contributed by atoms with Crippen molar-refractivity contribution in [1.82, 2.24) is 4.98 Å². The van der Waals surface area contributed by atoms with E-state index in [1.165, 1.54) is 12.1 Å². The van der Waals surface area contributed by atoms with E-state index in [0.717, 1.165) is 6.20 Å². The van der Waals surface area contributed by atoms with Crippen LogP contribution in [0.3, 0.4) is 0 Å². The van der Waals surface area contributed by atoms with Gasteiger partial charge in [-0.05, 0) is 25.0 Å². The fraction of sp³-hybridized carbons (Fsp3) is 0.333. The standard InChI is InChI=1S/C9H8FNO2/c10-6-1-2-7(11-5-6)9(3-4-9)8(12)13/h1-2,5H,3-4H2,(H,12,13). The van der Waals surface area contributed by atoms with Crippen LogP contribution in [0.1, 0.15) is 18.5 Å². The van der Waals surface area contributed by atoms with E-state index in [9.17, 15) is 9.18 Å². The Morgan fingerprint density at radius 3 is 2.62 bits per heavy atom. The number of nitrogens with zero attached hydrogens (tertiary/aromatic N) is 1. The van der Waals surface area contributed by atoms with Crippen LogP contribution in [0.4, 0.5) is 4.39 Å². The molecule has 1 saturated carbocycles. The summed E-state index contributed by atoms with van der Waals surface area (Å²) in [6.07, 6.45) is 2.25. The summed E-state index contributed by atoms with van der Waals surface area (Å²) in [5.41, 5.74) is -0.366. The van der Waals surface area contributed by atoms with Crippen molar-refractivity contribution in [2.45, 2.75) is 18.3 Å². The van der Waals surface area contributed by atoms with Crippen LogP contribution in [0.5, 0.6) is 0 Å². The van der Waals surface area contributed by atoms with Gasteiger partial charge in [-0.1, -0.05) is 0 Å². The Hall–Kier alpha value is -1.45. The fourth-order valence-corrected chi connectivity index (χ4v) is 1.36. The summed E-state index contributed by atoms with van der Waals surface area (Å²) in [4.78, 5) is 14.6. The molecule has 3 nitrogen and oxygen atoms in total. The molecule has 0 spiro atoms. The highest BCUT2D eigenvalue weighted by Gasteiger charge is 2.53. The average molecular weight is 181 g/mol. The molecule has 0 bridgehead atoms. The van der Waals surface area contributed by atoms with E-state index in [0.29, 0.717) is 18.5 Å². The molecule has 0 aromatic carbocycles. The number of aromatic nitrogens is 1. The number of pyridine rings is 1. The van der Waals surface area contributed by atoms with E-state index in [-0.39, 0.29) is 0 Å². The molecular weight excluding hydrogens is 173 g/mol. The van der Waals surface area contributed by atoms with Gasteiger partial charge in [-0.3, -0.25) is 9.78 Å². The van der Waals surface area contributed by atoms with Crippen molar-refractivity contribution in [2.24, 2.45) is 0 Å². The smallest absolute Gasteiger partial charge is 0.315 e. The van der Waals surface area contributed by atoms with Crippen LogP contribution in [-0.2, 0) is 10.2 Å². The van der Waals surface area contributed by atoms with Crippen LogP contribution in [0.15, 0.2) is 18.3 Å². The highest BCUT2D eigenvalue weighted by Crippen LogP contribution is 2.47. The zero-order valence-corrected chi connectivity index (χ0v) is 6.83. The summed E-state index contributed by atoms with van der Waals surface area (Å²) in [5.74, 6) is -1.31. The van der Waals surface area contributed by atoms with Crippen molar-refractivity contribution in [3.8, 4) is 0 Å². The Labute approximate surface area is 74.2 Å². The van der Waals surface area contributed by atoms with Gasteiger partial charge in [0.05, 0.1) is 11.9 Å². The molecule has 13 heavy (non-hydrogen) atoms. The van der Waals surface area contributed by atoms with Gasteiger partial charge in [0.2, 0.25) is 0 Å². The monoisotopic (exact) mass is 181 g/mol. The maximum Gasteiger partial charge on any atom is 0.315 e. The predicted octanol–water partition coefficient (Wildman–Crippen LogP) is 1.34. The average Bonchev–Trinajstić information content (AvgIpc) is 2.86. The van der Waals surface area contributed by atoms with Gasteiger partial charge in [0.25, 0.3) is 0 Å². The Morgan fingerprint density at radius 1 is 1.54 bits per heavy atom. The molecule has 1 N–H and O–H groups in total.